The topological polar surface area (TPSA) is 114 Å². The molecule has 2 fully saturated rings. The number of sulfone groups is 1. The first-order chi connectivity index (χ1) is 17.9. The van der Waals surface area contributed by atoms with Gasteiger partial charge in [0.25, 0.3) is 5.91 Å². The van der Waals surface area contributed by atoms with E-state index in [9.17, 15) is 18.0 Å². The van der Waals surface area contributed by atoms with Crippen LogP contribution in [-0.4, -0.2) is 72.0 Å². The number of hydrogen-bond acceptors (Lipinski definition) is 7. The van der Waals surface area contributed by atoms with Gasteiger partial charge in [-0.1, -0.05) is 54.2 Å². The summed E-state index contributed by atoms with van der Waals surface area (Å²) in [5.74, 6) is 0.243. The van der Waals surface area contributed by atoms with Crippen LogP contribution in [0.15, 0.2) is 59.6 Å². The number of benzene rings is 2. The van der Waals surface area contributed by atoms with Gasteiger partial charge in [0.1, 0.15) is 17.4 Å². The van der Waals surface area contributed by atoms with Crippen LogP contribution in [0, 0.1) is 0 Å². The maximum Gasteiger partial charge on any atom is 0.408 e. The minimum absolute atomic E-state index is 0.0115. The molecule has 3 atom stereocenters. The molecule has 11 heteroatoms. The maximum atomic E-state index is 13.5. The fourth-order valence-electron chi connectivity index (χ4n) is 4.42. The number of amidine groups is 1. The van der Waals surface area contributed by atoms with Crippen LogP contribution in [0.1, 0.15) is 31.9 Å². The lowest BCUT2D eigenvalue weighted by Crippen LogP contribution is -2.45. The summed E-state index contributed by atoms with van der Waals surface area (Å²) in [5, 5.41) is 2.93. The monoisotopic (exact) mass is 559 g/mol. The SMILES string of the molecule is COc1ccc(CN2C(=NC(=O)[C@H](Cc3ccccc3)NC(=O)OC(C)(C)C)S[C@H]3CS(=O)(=O)C[C@@H]32)cc1. The third-order valence-electron chi connectivity index (χ3n) is 6.16. The predicted molar refractivity (Wildman–Crippen MR) is 148 cm³/mol. The van der Waals surface area contributed by atoms with E-state index < -0.39 is 33.5 Å². The zero-order valence-electron chi connectivity index (χ0n) is 21.9. The molecule has 0 unspecified atom stereocenters. The van der Waals surface area contributed by atoms with Gasteiger partial charge in [-0.3, -0.25) is 4.79 Å². The van der Waals surface area contributed by atoms with Crippen molar-refractivity contribution in [1.29, 1.82) is 0 Å². The molecule has 2 aromatic rings. The maximum absolute atomic E-state index is 13.5. The van der Waals surface area contributed by atoms with Gasteiger partial charge in [0.05, 0.1) is 24.7 Å². The number of aliphatic imine (C=N–C) groups is 1. The van der Waals surface area contributed by atoms with E-state index in [4.69, 9.17) is 9.47 Å². The molecule has 0 aliphatic carbocycles. The minimum Gasteiger partial charge on any atom is -0.497 e. The molecule has 0 radical (unpaired) electrons. The second-order valence-electron chi connectivity index (χ2n) is 10.4. The zero-order chi connectivity index (χ0) is 27.5. The van der Waals surface area contributed by atoms with E-state index in [-0.39, 0.29) is 29.2 Å². The number of thioether (sulfide) groups is 1. The number of amides is 2. The Morgan fingerprint density at radius 3 is 2.39 bits per heavy atom. The molecule has 2 heterocycles. The molecular weight excluding hydrogens is 526 g/mol. The number of nitrogens with zero attached hydrogens (tertiary/aromatic N) is 2. The van der Waals surface area contributed by atoms with E-state index in [0.29, 0.717) is 17.5 Å². The molecule has 2 aliphatic heterocycles. The van der Waals surface area contributed by atoms with Gasteiger partial charge in [0, 0.05) is 18.2 Å². The molecule has 2 amide bonds. The van der Waals surface area contributed by atoms with Gasteiger partial charge in [0.15, 0.2) is 15.0 Å². The normalized spacial score (nSPS) is 22.1. The van der Waals surface area contributed by atoms with Gasteiger partial charge in [0.2, 0.25) is 0 Å². The van der Waals surface area contributed by atoms with Crippen molar-refractivity contribution in [2.24, 2.45) is 4.99 Å². The Labute approximate surface area is 227 Å². The Morgan fingerprint density at radius 1 is 1.08 bits per heavy atom. The second kappa shape index (κ2) is 11.4. The van der Waals surface area contributed by atoms with Crippen LogP contribution in [0.4, 0.5) is 4.79 Å². The van der Waals surface area contributed by atoms with E-state index in [0.717, 1.165) is 11.1 Å². The minimum atomic E-state index is -3.18. The Kier molecular flexibility index (Phi) is 8.37. The molecule has 0 aromatic heterocycles. The first kappa shape index (κ1) is 28.0. The Hall–Kier alpha value is -3.05. The lowest BCUT2D eigenvalue weighted by atomic mass is 10.1. The number of nitrogens with one attached hydrogen (secondary N) is 1. The first-order valence-corrected chi connectivity index (χ1v) is 15.1. The average molecular weight is 560 g/mol. The van der Waals surface area contributed by atoms with Crippen molar-refractivity contribution >= 4 is 38.8 Å². The number of rotatable bonds is 7. The smallest absolute Gasteiger partial charge is 0.408 e. The summed E-state index contributed by atoms with van der Waals surface area (Å²) in [6.07, 6.45) is -0.468. The molecule has 0 saturated carbocycles. The number of hydrogen-bond donors (Lipinski definition) is 1. The van der Waals surface area contributed by atoms with E-state index >= 15 is 0 Å². The third-order valence-corrected chi connectivity index (χ3v) is 9.41. The molecule has 2 saturated heterocycles. The van der Waals surface area contributed by atoms with Crippen LogP contribution in [0.2, 0.25) is 0 Å². The number of carbonyl (C=O) groups is 2. The summed E-state index contributed by atoms with van der Waals surface area (Å²) in [4.78, 5) is 32.4. The van der Waals surface area contributed by atoms with Crippen molar-refractivity contribution in [2.75, 3.05) is 18.6 Å². The molecule has 2 aliphatic rings. The number of methoxy groups -OCH3 is 1. The van der Waals surface area contributed by atoms with Crippen molar-refractivity contribution in [3.05, 3.63) is 65.7 Å². The predicted octanol–water partition coefficient (Wildman–Crippen LogP) is 3.43. The highest BCUT2D eigenvalue weighted by Gasteiger charge is 2.49. The molecule has 0 bridgehead atoms. The van der Waals surface area contributed by atoms with Crippen LogP contribution >= 0.6 is 11.8 Å². The van der Waals surface area contributed by atoms with Gasteiger partial charge < -0.3 is 19.7 Å². The summed E-state index contributed by atoms with van der Waals surface area (Å²) in [6.45, 7) is 5.64. The summed E-state index contributed by atoms with van der Waals surface area (Å²) in [5.41, 5.74) is 1.07. The van der Waals surface area contributed by atoms with Crippen molar-refractivity contribution in [2.45, 2.75) is 56.7 Å². The molecule has 9 nitrogen and oxygen atoms in total. The Morgan fingerprint density at radius 2 is 1.76 bits per heavy atom. The number of carbonyl (C=O) groups excluding carboxylic acids is 2. The van der Waals surface area contributed by atoms with Crippen molar-refractivity contribution < 1.29 is 27.5 Å². The highest BCUT2D eigenvalue weighted by Crippen LogP contribution is 2.39. The Bertz CT molecular complexity index is 1290. The first-order valence-electron chi connectivity index (χ1n) is 12.3. The second-order valence-corrected chi connectivity index (χ2v) is 13.8. The van der Waals surface area contributed by atoms with Gasteiger partial charge in [-0.2, -0.15) is 4.99 Å². The van der Waals surface area contributed by atoms with Crippen LogP contribution in [0.5, 0.6) is 5.75 Å². The van der Waals surface area contributed by atoms with E-state index in [2.05, 4.69) is 10.3 Å². The standard InChI is InChI=1S/C27H33N3O6S2/c1-27(2,3)36-26(32)28-21(14-18-8-6-5-7-9-18)24(31)29-25-30(15-19-10-12-20(35-4)13-11-19)22-16-38(33,34)17-23(22)37-25/h5-13,21-23H,14-17H2,1-4H3,(H,28,32)/t21-,22-,23-/m0/s1. The van der Waals surface area contributed by atoms with Gasteiger partial charge >= 0.3 is 6.09 Å². The highest BCUT2D eigenvalue weighted by atomic mass is 32.2. The van der Waals surface area contributed by atoms with Crippen molar-refractivity contribution in [3.63, 3.8) is 0 Å². The van der Waals surface area contributed by atoms with Crippen molar-refractivity contribution in [3.8, 4) is 5.75 Å². The zero-order valence-corrected chi connectivity index (χ0v) is 23.6. The number of ether oxygens (including phenoxy) is 2. The molecule has 204 valence electrons. The van der Waals surface area contributed by atoms with Gasteiger partial charge in [-0.25, -0.2) is 13.2 Å². The molecule has 1 N–H and O–H groups in total. The van der Waals surface area contributed by atoms with Crippen LogP contribution in [0.25, 0.3) is 0 Å². The number of alkyl carbamates (subject to hydrolysis) is 1. The van der Waals surface area contributed by atoms with Crippen LogP contribution in [0.3, 0.4) is 0 Å². The van der Waals surface area contributed by atoms with Gasteiger partial charge in [-0.15, -0.1) is 0 Å². The summed E-state index contributed by atoms with van der Waals surface area (Å²) >= 11 is 1.31. The van der Waals surface area contributed by atoms with Crippen LogP contribution in [-0.2, 0) is 32.3 Å². The fourth-order valence-corrected chi connectivity index (χ4v) is 8.38. The fraction of sp³-hybridized carbons (Fsp3) is 0.444. The van der Waals surface area contributed by atoms with E-state index in [1.807, 2.05) is 59.5 Å². The molecule has 2 aromatic carbocycles. The van der Waals surface area contributed by atoms with E-state index in [1.54, 1.807) is 27.9 Å². The lowest BCUT2D eigenvalue weighted by molar-refractivity contribution is -0.119. The third kappa shape index (κ3) is 7.28. The summed E-state index contributed by atoms with van der Waals surface area (Å²) < 4.78 is 35.4. The quantitative estimate of drug-likeness (QED) is 0.549. The van der Waals surface area contributed by atoms with Crippen LogP contribution < -0.4 is 10.1 Å². The van der Waals surface area contributed by atoms with E-state index in [1.165, 1.54) is 11.8 Å². The molecular formula is C27H33N3O6S2. The number of fused-ring (bicyclic) bond motifs is 1. The summed E-state index contributed by atoms with van der Waals surface area (Å²) in [6, 6.07) is 15.6. The molecule has 0 spiro atoms. The highest BCUT2D eigenvalue weighted by molar-refractivity contribution is 8.15. The molecule has 38 heavy (non-hydrogen) atoms. The Balaban J connectivity index is 1.60. The lowest BCUT2D eigenvalue weighted by Gasteiger charge is -2.25. The summed E-state index contributed by atoms with van der Waals surface area (Å²) in [7, 11) is -1.59. The van der Waals surface area contributed by atoms with Crippen molar-refractivity contribution in [1.82, 2.24) is 10.2 Å². The molecule has 4 rings (SSSR count). The largest absolute Gasteiger partial charge is 0.497 e. The van der Waals surface area contributed by atoms with Gasteiger partial charge in [-0.05, 0) is 44.0 Å². The average Bonchev–Trinajstić information content (AvgIpc) is 3.30.